The van der Waals surface area contributed by atoms with Crippen molar-refractivity contribution in [2.24, 2.45) is 5.92 Å². The molecule has 3 heterocycles. The average Bonchev–Trinajstić information content (AvgIpc) is 3.14. The molecule has 1 saturated carbocycles. The number of nitrogens with zero attached hydrogens (tertiary/aromatic N) is 3. The zero-order valence-corrected chi connectivity index (χ0v) is 18.0. The highest BCUT2D eigenvalue weighted by Crippen LogP contribution is 2.23. The largest absolute Gasteiger partial charge is 0.352 e. The highest BCUT2D eigenvalue weighted by Gasteiger charge is 2.29. The van der Waals surface area contributed by atoms with Gasteiger partial charge in [-0.25, -0.2) is 0 Å². The minimum absolute atomic E-state index is 0. The molecule has 0 bridgehead atoms. The summed E-state index contributed by atoms with van der Waals surface area (Å²) < 4.78 is 0. The molecule has 1 aromatic heterocycles. The van der Waals surface area contributed by atoms with Crippen molar-refractivity contribution in [3.63, 3.8) is 0 Å². The number of carbonyl (C=O) groups excluding carboxylic acids is 2. The number of piperazine rings is 1. The number of aromatic amines is 1. The summed E-state index contributed by atoms with van der Waals surface area (Å²) in [7, 11) is 0. The summed E-state index contributed by atoms with van der Waals surface area (Å²) in [6, 6.07) is 0.339. The lowest BCUT2D eigenvalue weighted by Crippen LogP contribution is -2.52. The summed E-state index contributed by atoms with van der Waals surface area (Å²) in [6.45, 7) is 7.07. The Morgan fingerprint density at radius 3 is 2.59 bits per heavy atom. The maximum atomic E-state index is 12.9. The first-order chi connectivity index (χ1) is 13.6. The fraction of sp³-hybridized carbons (Fsp3) is 0.750. The summed E-state index contributed by atoms with van der Waals surface area (Å²) in [5.41, 5.74) is 2.65. The van der Waals surface area contributed by atoms with Crippen LogP contribution in [0.5, 0.6) is 0 Å². The fourth-order valence-electron chi connectivity index (χ4n) is 4.54. The van der Waals surface area contributed by atoms with Crippen LogP contribution in [0.2, 0.25) is 0 Å². The second kappa shape index (κ2) is 9.91. The lowest BCUT2D eigenvalue weighted by Gasteiger charge is -2.34. The van der Waals surface area contributed by atoms with E-state index in [1.54, 1.807) is 0 Å². The molecule has 29 heavy (non-hydrogen) atoms. The van der Waals surface area contributed by atoms with E-state index in [9.17, 15) is 9.59 Å². The number of H-pyrrole nitrogens is 1. The predicted octanol–water partition coefficient (Wildman–Crippen LogP) is 0.930. The van der Waals surface area contributed by atoms with Crippen LogP contribution < -0.4 is 10.6 Å². The van der Waals surface area contributed by atoms with Crippen molar-refractivity contribution in [1.82, 2.24) is 30.6 Å². The normalized spacial score (nSPS) is 25.1. The van der Waals surface area contributed by atoms with Crippen LogP contribution in [-0.2, 0) is 17.8 Å². The van der Waals surface area contributed by atoms with Crippen LogP contribution >= 0.6 is 12.4 Å². The van der Waals surface area contributed by atoms with Crippen molar-refractivity contribution in [3.8, 4) is 0 Å². The van der Waals surface area contributed by atoms with Crippen LogP contribution in [0.25, 0.3) is 0 Å². The number of amides is 2. The predicted molar refractivity (Wildman–Crippen MR) is 113 cm³/mol. The van der Waals surface area contributed by atoms with Crippen LogP contribution in [0.15, 0.2) is 0 Å². The van der Waals surface area contributed by atoms with Crippen LogP contribution in [0.3, 0.4) is 0 Å². The second-order valence-electron chi connectivity index (χ2n) is 8.55. The number of hydrogen-bond acceptors (Lipinski definition) is 5. The lowest BCUT2D eigenvalue weighted by molar-refractivity contribution is -0.123. The van der Waals surface area contributed by atoms with Crippen LogP contribution in [0.1, 0.15) is 54.4 Å². The summed E-state index contributed by atoms with van der Waals surface area (Å²) in [5.74, 6) is 0.906. The molecule has 1 saturated heterocycles. The Bertz CT molecular complexity index is 708. The number of aromatic nitrogens is 2. The van der Waals surface area contributed by atoms with Crippen molar-refractivity contribution >= 4 is 24.2 Å². The highest BCUT2D eigenvalue weighted by molar-refractivity contribution is 5.94. The number of rotatable bonds is 4. The van der Waals surface area contributed by atoms with Crippen LogP contribution in [0.4, 0.5) is 0 Å². The second-order valence-corrected chi connectivity index (χ2v) is 8.55. The quantitative estimate of drug-likeness (QED) is 0.668. The Morgan fingerprint density at radius 1 is 1.14 bits per heavy atom. The van der Waals surface area contributed by atoms with E-state index in [0.717, 1.165) is 56.1 Å². The van der Waals surface area contributed by atoms with E-state index < -0.39 is 0 Å². The molecule has 162 valence electrons. The van der Waals surface area contributed by atoms with Gasteiger partial charge in [0.05, 0.1) is 6.54 Å². The molecule has 0 radical (unpaired) electrons. The molecular weight excluding hydrogens is 392 g/mol. The van der Waals surface area contributed by atoms with Gasteiger partial charge in [0.25, 0.3) is 5.91 Å². The van der Waals surface area contributed by atoms with Crippen molar-refractivity contribution in [3.05, 3.63) is 17.0 Å². The van der Waals surface area contributed by atoms with Gasteiger partial charge in [-0.3, -0.25) is 19.6 Å². The molecular formula is C20H33ClN6O2. The Labute approximate surface area is 178 Å². The first kappa shape index (κ1) is 22.1. The zero-order chi connectivity index (χ0) is 19.5. The van der Waals surface area contributed by atoms with Crippen LogP contribution in [0, 0.1) is 5.92 Å². The number of nitrogens with one attached hydrogen (secondary N) is 3. The molecule has 2 aliphatic heterocycles. The van der Waals surface area contributed by atoms with Gasteiger partial charge in [0.2, 0.25) is 5.91 Å². The minimum Gasteiger partial charge on any atom is -0.352 e. The molecule has 4 rings (SSSR count). The maximum Gasteiger partial charge on any atom is 0.274 e. The average molecular weight is 425 g/mol. The molecule has 0 spiro atoms. The smallest absolute Gasteiger partial charge is 0.274 e. The molecule has 3 N–H and O–H groups in total. The third-order valence-electron chi connectivity index (χ3n) is 6.42. The van der Waals surface area contributed by atoms with Gasteiger partial charge >= 0.3 is 0 Å². The maximum absolute atomic E-state index is 12.9. The van der Waals surface area contributed by atoms with Gasteiger partial charge in [0.1, 0.15) is 0 Å². The molecule has 2 fully saturated rings. The topological polar surface area (TPSA) is 93.4 Å². The fourth-order valence-corrected chi connectivity index (χ4v) is 4.54. The van der Waals surface area contributed by atoms with E-state index in [0.29, 0.717) is 37.9 Å². The van der Waals surface area contributed by atoms with Gasteiger partial charge in [-0.05, 0) is 31.6 Å². The third kappa shape index (κ3) is 5.29. The number of fused-ring (bicyclic) bond motifs is 1. The molecule has 1 aromatic rings. The monoisotopic (exact) mass is 424 g/mol. The van der Waals surface area contributed by atoms with E-state index in [1.165, 1.54) is 12.8 Å². The molecule has 0 unspecified atom stereocenters. The van der Waals surface area contributed by atoms with E-state index in [2.05, 4.69) is 32.7 Å². The van der Waals surface area contributed by atoms with E-state index in [-0.39, 0.29) is 24.2 Å². The number of carbonyl (C=O) groups is 2. The van der Waals surface area contributed by atoms with Gasteiger partial charge in [-0.1, -0.05) is 6.92 Å². The Balaban J connectivity index is 0.00000240. The SMILES string of the molecule is CC1CCC(NC(=O)CN2CCN(C(=O)c3n[nH]c4c3CNCC4)CC2)CC1.Cl. The first-order valence-corrected chi connectivity index (χ1v) is 10.7. The Morgan fingerprint density at radius 2 is 1.86 bits per heavy atom. The van der Waals surface area contributed by atoms with Crippen molar-refractivity contribution in [2.45, 2.75) is 51.6 Å². The van der Waals surface area contributed by atoms with Gasteiger partial charge in [-0.2, -0.15) is 5.10 Å². The van der Waals surface area contributed by atoms with E-state index in [4.69, 9.17) is 0 Å². The van der Waals surface area contributed by atoms with Gasteiger partial charge < -0.3 is 15.5 Å². The van der Waals surface area contributed by atoms with Gasteiger partial charge in [0.15, 0.2) is 5.69 Å². The molecule has 9 heteroatoms. The standard InChI is InChI=1S/C20H32N6O2.ClH/c1-14-2-4-15(5-3-14)22-18(27)13-25-8-10-26(11-9-25)20(28)19-16-12-21-7-6-17(16)23-24-19;/h14-15,21H,2-13H2,1H3,(H,22,27)(H,23,24);1H. The molecule has 1 aliphatic carbocycles. The molecule has 8 nitrogen and oxygen atoms in total. The van der Waals surface area contributed by atoms with Crippen molar-refractivity contribution in [2.75, 3.05) is 39.3 Å². The van der Waals surface area contributed by atoms with E-state index in [1.807, 2.05) is 4.90 Å². The molecule has 0 atom stereocenters. The summed E-state index contributed by atoms with van der Waals surface area (Å²) >= 11 is 0. The van der Waals surface area contributed by atoms with Crippen LogP contribution in [-0.4, -0.2) is 77.1 Å². The minimum atomic E-state index is 0. The van der Waals surface area contributed by atoms with E-state index >= 15 is 0 Å². The Kier molecular flexibility index (Phi) is 7.54. The van der Waals surface area contributed by atoms with Crippen molar-refractivity contribution < 1.29 is 9.59 Å². The zero-order valence-electron chi connectivity index (χ0n) is 17.2. The third-order valence-corrected chi connectivity index (χ3v) is 6.42. The molecule has 2 amide bonds. The van der Waals surface area contributed by atoms with Gasteiger partial charge in [-0.15, -0.1) is 12.4 Å². The molecule has 3 aliphatic rings. The van der Waals surface area contributed by atoms with Crippen molar-refractivity contribution in [1.29, 1.82) is 0 Å². The molecule has 0 aromatic carbocycles. The first-order valence-electron chi connectivity index (χ1n) is 10.7. The number of halogens is 1. The number of hydrogen-bond donors (Lipinski definition) is 3. The van der Waals surface area contributed by atoms with Gasteiger partial charge in [0, 0.05) is 63.0 Å². The summed E-state index contributed by atoms with van der Waals surface area (Å²) in [6.07, 6.45) is 5.49. The lowest BCUT2D eigenvalue weighted by atomic mass is 9.87. The summed E-state index contributed by atoms with van der Waals surface area (Å²) in [4.78, 5) is 29.2. The highest BCUT2D eigenvalue weighted by atomic mass is 35.5. The Hall–Kier alpha value is -1.64. The summed E-state index contributed by atoms with van der Waals surface area (Å²) in [5, 5.41) is 13.8.